The Morgan fingerprint density at radius 2 is 1.68 bits per heavy atom. The number of carbonyl (C=O) groups excluding carboxylic acids is 1. The first-order chi connectivity index (χ1) is 17.9. The van der Waals surface area contributed by atoms with Gasteiger partial charge < -0.3 is 15.4 Å². The highest BCUT2D eigenvalue weighted by molar-refractivity contribution is 7.89. The third-order valence-corrected chi connectivity index (χ3v) is 6.58. The number of alkyl halides is 3. The molecule has 0 radical (unpaired) electrons. The van der Waals surface area contributed by atoms with Crippen molar-refractivity contribution < 1.29 is 31.1 Å². The van der Waals surface area contributed by atoms with Crippen LogP contribution < -0.4 is 20.5 Å². The third kappa shape index (κ3) is 5.90. The number of hydrogen-bond acceptors (Lipinski definition) is 5. The Kier molecular flexibility index (Phi) is 7.35. The zero-order valence-corrected chi connectivity index (χ0v) is 21.0. The molecule has 38 heavy (non-hydrogen) atoms. The molecular weight excluding hydrogens is 547 g/mol. The normalized spacial score (nSPS) is 11.7. The average Bonchev–Trinajstić information content (AvgIpc) is 3.27. The maximum Gasteiger partial charge on any atom is 0.417 e. The van der Waals surface area contributed by atoms with Crippen molar-refractivity contribution >= 4 is 39.0 Å². The number of sulfonamides is 1. The van der Waals surface area contributed by atoms with Crippen molar-refractivity contribution in [1.29, 1.82) is 0 Å². The van der Waals surface area contributed by atoms with Crippen molar-refractivity contribution in [2.75, 3.05) is 17.7 Å². The Morgan fingerprint density at radius 1 is 1.03 bits per heavy atom. The monoisotopic (exact) mass is 565 g/mol. The number of benzene rings is 3. The number of halogens is 4. The largest absolute Gasteiger partial charge is 0.497 e. The molecule has 0 fully saturated rings. The maximum atomic E-state index is 13.2. The van der Waals surface area contributed by atoms with Crippen LogP contribution in [0.2, 0.25) is 5.02 Å². The smallest absolute Gasteiger partial charge is 0.417 e. The van der Waals surface area contributed by atoms with Gasteiger partial charge in [0, 0.05) is 11.3 Å². The van der Waals surface area contributed by atoms with Crippen LogP contribution in [0.3, 0.4) is 0 Å². The van der Waals surface area contributed by atoms with Crippen LogP contribution in [0.5, 0.6) is 5.75 Å². The van der Waals surface area contributed by atoms with Crippen molar-refractivity contribution in [3.8, 4) is 22.7 Å². The highest BCUT2D eigenvalue weighted by Gasteiger charge is 2.33. The van der Waals surface area contributed by atoms with Crippen LogP contribution in [0, 0.1) is 0 Å². The van der Waals surface area contributed by atoms with E-state index in [9.17, 15) is 26.4 Å². The van der Waals surface area contributed by atoms with Gasteiger partial charge in [-0.2, -0.15) is 18.3 Å². The molecule has 0 aliphatic heterocycles. The minimum Gasteiger partial charge on any atom is -0.497 e. The van der Waals surface area contributed by atoms with E-state index in [-0.39, 0.29) is 16.3 Å². The molecule has 4 rings (SSSR count). The van der Waals surface area contributed by atoms with Crippen molar-refractivity contribution in [1.82, 2.24) is 9.78 Å². The van der Waals surface area contributed by atoms with Crippen LogP contribution in [0.15, 0.2) is 77.8 Å². The van der Waals surface area contributed by atoms with Gasteiger partial charge in [0.15, 0.2) is 0 Å². The number of nitrogens with two attached hydrogens (primary N) is 1. The van der Waals surface area contributed by atoms with Crippen LogP contribution in [-0.2, 0) is 16.2 Å². The summed E-state index contributed by atoms with van der Waals surface area (Å²) in [6.07, 6.45) is -3.36. The van der Waals surface area contributed by atoms with Gasteiger partial charge in [0.2, 0.25) is 10.0 Å². The minimum absolute atomic E-state index is 0.0988. The molecule has 14 heteroatoms. The van der Waals surface area contributed by atoms with E-state index in [4.69, 9.17) is 21.5 Å². The van der Waals surface area contributed by atoms with Gasteiger partial charge in [0.25, 0.3) is 0 Å². The summed E-state index contributed by atoms with van der Waals surface area (Å²) in [5, 5.41) is 13.9. The summed E-state index contributed by atoms with van der Waals surface area (Å²) in [5.74, 6) is 0.577. The number of hydrogen-bond donors (Lipinski definition) is 3. The van der Waals surface area contributed by atoms with Gasteiger partial charge in [-0.1, -0.05) is 11.6 Å². The quantitative estimate of drug-likeness (QED) is 0.284. The number of urea groups is 1. The lowest BCUT2D eigenvalue weighted by atomic mass is 10.1. The molecular formula is C24H19ClF3N5O4S. The number of methoxy groups -OCH3 is 1. The van der Waals surface area contributed by atoms with Crippen LogP contribution >= 0.6 is 11.6 Å². The fourth-order valence-corrected chi connectivity index (χ4v) is 4.28. The van der Waals surface area contributed by atoms with Crippen molar-refractivity contribution in [3.63, 3.8) is 0 Å². The highest BCUT2D eigenvalue weighted by Crippen LogP contribution is 2.36. The summed E-state index contributed by atoms with van der Waals surface area (Å²) in [7, 11) is -2.41. The van der Waals surface area contributed by atoms with E-state index in [1.54, 1.807) is 24.3 Å². The van der Waals surface area contributed by atoms with E-state index >= 15 is 0 Å². The molecule has 198 valence electrons. The Hall–Kier alpha value is -4.07. The number of nitrogens with zero attached hydrogens (tertiary/aromatic N) is 2. The van der Waals surface area contributed by atoms with Gasteiger partial charge in [-0.25, -0.2) is 23.0 Å². The lowest BCUT2D eigenvalue weighted by Gasteiger charge is -2.14. The van der Waals surface area contributed by atoms with Gasteiger partial charge in [-0.3, -0.25) is 0 Å². The zero-order chi connectivity index (χ0) is 27.7. The molecule has 1 heterocycles. The van der Waals surface area contributed by atoms with Crippen LogP contribution in [0.4, 0.5) is 29.3 Å². The predicted molar refractivity (Wildman–Crippen MR) is 136 cm³/mol. The molecule has 4 aromatic rings. The lowest BCUT2D eigenvalue weighted by Crippen LogP contribution is -2.20. The molecule has 0 atom stereocenters. The average molecular weight is 566 g/mol. The second-order valence-corrected chi connectivity index (χ2v) is 9.83. The van der Waals surface area contributed by atoms with E-state index in [1.807, 2.05) is 0 Å². The number of amides is 2. The van der Waals surface area contributed by atoms with Gasteiger partial charge in [-0.05, 0) is 66.7 Å². The first kappa shape index (κ1) is 27.0. The van der Waals surface area contributed by atoms with Gasteiger partial charge in [0.1, 0.15) is 5.75 Å². The molecule has 3 aromatic carbocycles. The van der Waals surface area contributed by atoms with Crippen molar-refractivity contribution in [2.45, 2.75) is 11.1 Å². The number of ether oxygens (including phenoxy) is 1. The Balaban J connectivity index is 1.69. The molecule has 0 saturated carbocycles. The van der Waals surface area contributed by atoms with Crippen molar-refractivity contribution in [2.24, 2.45) is 5.14 Å². The molecule has 2 amide bonds. The summed E-state index contributed by atoms with van der Waals surface area (Å²) in [5.41, 5.74) is 0.443. The molecule has 0 aliphatic rings. The first-order valence-electron chi connectivity index (χ1n) is 10.7. The SMILES string of the molecule is COc1ccc(-c2c(NC(=O)Nc3ccc(Cl)c(C(F)(F)F)c3)cnn2-c2ccc(S(N)(=O)=O)cc2)cc1. The number of rotatable bonds is 6. The molecule has 0 unspecified atom stereocenters. The predicted octanol–water partition coefficient (Wildman–Crippen LogP) is 5.51. The third-order valence-electron chi connectivity index (χ3n) is 5.32. The fourth-order valence-electron chi connectivity index (χ4n) is 3.54. The van der Waals surface area contributed by atoms with Crippen LogP contribution in [0.1, 0.15) is 5.56 Å². The highest BCUT2D eigenvalue weighted by atomic mass is 35.5. The molecule has 0 saturated heterocycles. The van der Waals surface area contributed by atoms with Gasteiger partial charge in [0.05, 0.1) is 45.9 Å². The van der Waals surface area contributed by atoms with E-state index < -0.39 is 32.8 Å². The Morgan fingerprint density at radius 3 is 2.26 bits per heavy atom. The van der Waals surface area contributed by atoms with Crippen LogP contribution in [-0.4, -0.2) is 31.3 Å². The van der Waals surface area contributed by atoms with E-state index in [0.717, 1.165) is 12.1 Å². The van der Waals surface area contributed by atoms with E-state index in [1.165, 1.54) is 48.3 Å². The number of carbonyl (C=O) groups is 1. The number of nitrogens with one attached hydrogen (secondary N) is 2. The Labute approximate surface area is 220 Å². The summed E-state index contributed by atoms with van der Waals surface area (Å²) < 4.78 is 69.4. The summed E-state index contributed by atoms with van der Waals surface area (Å²) in [4.78, 5) is 12.6. The Bertz CT molecular complexity index is 1590. The van der Waals surface area contributed by atoms with Crippen LogP contribution in [0.25, 0.3) is 16.9 Å². The standard InChI is InChI=1S/C24H19ClF3N5O4S/c1-37-17-7-2-14(3-8-17)22-21(13-30-33(22)16-5-9-18(10-6-16)38(29,35)36)32-23(34)31-15-4-11-20(25)19(12-15)24(26,27)28/h2-13H,1H3,(H2,29,35,36)(H2,31,32,34). The maximum absolute atomic E-state index is 13.2. The molecule has 0 bridgehead atoms. The molecule has 0 aliphatic carbocycles. The number of primary sulfonamides is 1. The molecule has 0 spiro atoms. The minimum atomic E-state index is -4.70. The number of anilines is 2. The van der Waals surface area contributed by atoms with Gasteiger partial charge in [-0.15, -0.1) is 0 Å². The lowest BCUT2D eigenvalue weighted by molar-refractivity contribution is -0.137. The molecule has 9 nitrogen and oxygen atoms in total. The summed E-state index contributed by atoms with van der Waals surface area (Å²) in [6, 6.07) is 14.5. The van der Waals surface area contributed by atoms with E-state index in [2.05, 4.69) is 15.7 Å². The first-order valence-corrected chi connectivity index (χ1v) is 12.6. The topological polar surface area (TPSA) is 128 Å². The number of aromatic nitrogens is 2. The molecule has 4 N–H and O–H groups in total. The summed E-state index contributed by atoms with van der Waals surface area (Å²) in [6.45, 7) is 0. The second kappa shape index (κ2) is 10.4. The van der Waals surface area contributed by atoms with E-state index in [0.29, 0.717) is 22.7 Å². The second-order valence-electron chi connectivity index (χ2n) is 7.86. The van der Waals surface area contributed by atoms with Crippen molar-refractivity contribution in [3.05, 3.63) is 83.5 Å². The summed E-state index contributed by atoms with van der Waals surface area (Å²) >= 11 is 5.64. The molecule has 1 aromatic heterocycles. The zero-order valence-electron chi connectivity index (χ0n) is 19.5. The fraction of sp³-hybridized carbons (Fsp3) is 0.0833. The van der Waals surface area contributed by atoms with Gasteiger partial charge >= 0.3 is 12.2 Å².